The molecule has 0 radical (unpaired) electrons. The van der Waals surface area contributed by atoms with E-state index in [0.717, 1.165) is 49.9 Å². The monoisotopic (exact) mass is 564 g/mol. The van der Waals surface area contributed by atoms with Crippen molar-refractivity contribution in [2.24, 2.45) is 11.8 Å². The van der Waals surface area contributed by atoms with Gasteiger partial charge < -0.3 is 20.1 Å². The lowest BCUT2D eigenvalue weighted by atomic mass is 9.85. The third-order valence-corrected chi connectivity index (χ3v) is 8.60. The van der Waals surface area contributed by atoms with Gasteiger partial charge in [0.1, 0.15) is 5.69 Å². The van der Waals surface area contributed by atoms with Gasteiger partial charge in [-0.3, -0.25) is 14.3 Å². The first kappa shape index (κ1) is 27.8. The number of carbonyl (C=O) groups is 2. The topological polar surface area (TPSA) is 138 Å². The second-order valence-electron chi connectivity index (χ2n) is 11.6. The number of amides is 2. The zero-order chi connectivity index (χ0) is 28.3. The predicted molar refractivity (Wildman–Crippen MR) is 149 cm³/mol. The van der Waals surface area contributed by atoms with Gasteiger partial charge in [0, 0.05) is 57.4 Å². The van der Waals surface area contributed by atoms with Gasteiger partial charge in [-0.25, -0.2) is 14.5 Å². The van der Waals surface area contributed by atoms with Crippen LogP contribution in [0.2, 0.25) is 0 Å². The molecule has 6 rings (SSSR count). The van der Waals surface area contributed by atoms with Crippen molar-refractivity contribution >= 4 is 17.6 Å². The number of rotatable bonds is 8. The van der Waals surface area contributed by atoms with Gasteiger partial charge in [-0.1, -0.05) is 6.92 Å². The number of nitrogens with zero attached hydrogens (tertiary/aromatic N) is 6. The van der Waals surface area contributed by atoms with E-state index in [9.17, 15) is 9.59 Å². The van der Waals surface area contributed by atoms with E-state index in [2.05, 4.69) is 22.7 Å². The van der Waals surface area contributed by atoms with Crippen LogP contribution in [0.4, 0.5) is 0 Å². The van der Waals surface area contributed by atoms with Crippen LogP contribution in [-0.4, -0.2) is 73.6 Å². The van der Waals surface area contributed by atoms with E-state index >= 15 is 0 Å². The van der Waals surface area contributed by atoms with Crippen LogP contribution in [0.15, 0.2) is 18.5 Å². The van der Waals surface area contributed by atoms with Crippen molar-refractivity contribution < 1.29 is 19.1 Å². The summed E-state index contributed by atoms with van der Waals surface area (Å²) in [7, 11) is 0. The molecule has 220 valence electrons. The molecule has 3 aliphatic heterocycles. The molecule has 0 bridgehead atoms. The number of hydrogen-bond donors (Lipinski definition) is 2. The minimum absolute atomic E-state index is 0.0813. The largest absolute Gasteiger partial charge is 0.381 e. The Balaban J connectivity index is 1.35. The van der Waals surface area contributed by atoms with Gasteiger partial charge in [0.2, 0.25) is 5.91 Å². The Bertz CT molecular complexity index is 1370. The quantitative estimate of drug-likeness (QED) is 0.426. The highest BCUT2D eigenvalue weighted by Crippen LogP contribution is 2.32. The minimum Gasteiger partial charge on any atom is -0.381 e. The van der Waals surface area contributed by atoms with Gasteiger partial charge in [0.15, 0.2) is 0 Å². The average Bonchev–Trinajstić information content (AvgIpc) is 3.65. The number of aromatic nitrogens is 6. The Morgan fingerprint density at radius 3 is 2.83 bits per heavy atom. The van der Waals surface area contributed by atoms with E-state index in [-0.39, 0.29) is 29.8 Å². The van der Waals surface area contributed by atoms with Crippen molar-refractivity contribution in [1.82, 2.24) is 40.0 Å². The lowest BCUT2D eigenvalue weighted by Crippen LogP contribution is -2.41. The zero-order valence-corrected chi connectivity index (χ0v) is 23.9. The molecule has 4 atom stereocenters. The van der Waals surface area contributed by atoms with Gasteiger partial charge in [0.05, 0.1) is 35.4 Å². The maximum atomic E-state index is 13.4. The molecule has 41 heavy (non-hydrogen) atoms. The van der Waals surface area contributed by atoms with Crippen LogP contribution in [0, 0.1) is 11.8 Å². The molecule has 0 aromatic carbocycles. The van der Waals surface area contributed by atoms with Gasteiger partial charge >= 0.3 is 0 Å². The molecule has 12 heteroatoms. The maximum absolute atomic E-state index is 13.4. The molecule has 0 unspecified atom stereocenters. The smallest absolute Gasteiger partial charge is 0.270 e. The molecular weight excluding hydrogens is 524 g/mol. The van der Waals surface area contributed by atoms with Crippen molar-refractivity contribution in [2.75, 3.05) is 26.4 Å². The van der Waals surface area contributed by atoms with Gasteiger partial charge in [-0.15, -0.1) is 0 Å². The molecule has 0 aliphatic carbocycles. The summed E-state index contributed by atoms with van der Waals surface area (Å²) in [5.74, 6) is 0.829. The fourth-order valence-corrected chi connectivity index (χ4v) is 6.36. The van der Waals surface area contributed by atoms with E-state index in [4.69, 9.17) is 24.5 Å². The first-order valence-electron chi connectivity index (χ1n) is 15.1. The van der Waals surface area contributed by atoms with Crippen LogP contribution in [0.25, 0.3) is 5.78 Å². The molecular formula is C29H40N8O4. The number of aryl methyl sites for hydroxylation is 1. The summed E-state index contributed by atoms with van der Waals surface area (Å²) < 4.78 is 15.1. The van der Waals surface area contributed by atoms with Crippen molar-refractivity contribution in [1.29, 1.82) is 0 Å². The molecule has 2 N–H and O–H groups in total. The summed E-state index contributed by atoms with van der Waals surface area (Å²) in [6.07, 6.45) is 9.20. The molecule has 0 saturated carbocycles. The van der Waals surface area contributed by atoms with Gasteiger partial charge in [0.25, 0.3) is 11.7 Å². The third-order valence-electron chi connectivity index (χ3n) is 8.60. The normalized spacial score (nSPS) is 24.7. The lowest BCUT2D eigenvalue weighted by molar-refractivity contribution is -0.127. The fraction of sp³-hybridized carbons (Fsp3) is 0.655. The van der Waals surface area contributed by atoms with Crippen LogP contribution in [0.1, 0.15) is 91.9 Å². The van der Waals surface area contributed by atoms with E-state index < -0.39 is 6.04 Å². The highest BCUT2D eigenvalue weighted by Gasteiger charge is 2.33. The Kier molecular flexibility index (Phi) is 8.29. The molecule has 3 aromatic heterocycles. The van der Waals surface area contributed by atoms with Gasteiger partial charge in [-0.05, 0) is 57.4 Å². The molecule has 3 aliphatic rings. The standard InChI is InChI=1S/C29H40N8O4/c1-3-36-23(7-10-31-36)28(39)33-26(24-6-4-5-11-41-24)22-17-37-29(32-22)34-25(19-8-12-40-13-9-19)21(35-37)15-20-14-18(2)16-30-27(20)38/h7,10,17-20,24,26H,3-6,8-9,11-16H2,1-2H3,(H,30,38)(H,33,39)/t18-,20+,24+,26+/m0/s1. The SMILES string of the molecule is CCn1nccc1C(=O)N[C@H](c1cn2nc(C[C@H]3C[C@H](C)CNC3=O)c(C3CCOCC3)nc2n1)[C@H]1CCCCO1. The second kappa shape index (κ2) is 12.2. The number of hydrogen-bond acceptors (Lipinski definition) is 8. The highest BCUT2D eigenvalue weighted by atomic mass is 16.5. The van der Waals surface area contributed by atoms with Crippen molar-refractivity contribution in [3.8, 4) is 0 Å². The summed E-state index contributed by atoms with van der Waals surface area (Å²) in [5.41, 5.74) is 2.90. The van der Waals surface area contributed by atoms with E-state index in [0.29, 0.717) is 62.4 Å². The Morgan fingerprint density at radius 2 is 2.05 bits per heavy atom. The van der Waals surface area contributed by atoms with Crippen molar-refractivity contribution in [2.45, 2.75) is 83.4 Å². The summed E-state index contributed by atoms with van der Waals surface area (Å²) in [6.45, 7) is 7.44. The summed E-state index contributed by atoms with van der Waals surface area (Å²) in [6, 6.07) is 1.26. The maximum Gasteiger partial charge on any atom is 0.270 e. The molecule has 3 aromatic rings. The summed E-state index contributed by atoms with van der Waals surface area (Å²) in [4.78, 5) is 36.1. The van der Waals surface area contributed by atoms with Crippen LogP contribution in [-0.2, 0) is 27.2 Å². The Hall–Kier alpha value is -3.38. The van der Waals surface area contributed by atoms with E-state index in [1.807, 2.05) is 13.1 Å². The molecule has 6 heterocycles. The molecule has 3 saturated heterocycles. The third kappa shape index (κ3) is 5.99. The van der Waals surface area contributed by atoms with Gasteiger partial charge in [-0.2, -0.15) is 10.2 Å². The van der Waals surface area contributed by atoms with Crippen LogP contribution in [0.3, 0.4) is 0 Å². The van der Waals surface area contributed by atoms with E-state index in [1.54, 1.807) is 21.5 Å². The summed E-state index contributed by atoms with van der Waals surface area (Å²) in [5, 5.41) is 15.5. The lowest BCUT2D eigenvalue weighted by Gasteiger charge is -2.30. The molecule has 12 nitrogen and oxygen atoms in total. The predicted octanol–water partition coefficient (Wildman–Crippen LogP) is 2.59. The Labute approximate surface area is 239 Å². The number of carbonyl (C=O) groups excluding carboxylic acids is 2. The number of fused-ring (bicyclic) bond motifs is 1. The number of ether oxygens (including phenoxy) is 2. The van der Waals surface area contributed by atoms with Crippen LogP contribution >= 0.6 is 0 Å². The van der Waals surface area contributed by atoms with Crippen LogP contribution in [0.5, 0.6) is 0 Å². The number of nitrogens with one attached hydrogen (secondary N) is 2. The highest BCUT2D eigenvalue weighted by molar-refractivity contribution is 5.92. The Morgan fingerprint density at radius 1 is 1.20 bits per heavy atom. The minimum atomic E-state index is -0.466. The number of piperidine rings is 1. The first-order chi connectivity index (χ1) is 20.0. The summed E-state index contributed by atoms with van der Waals surface area (Å²) >= 11 is 0. The molecule has 0 spiro atoms. The van der Waals surface area contributed by atoms with E-state index in [1.165, 1.54) is 0 Å². The molecule has 3 fully saturated rings. The molecule has 2 amide bonds. The van der Waals surface area contributed by atoms with Crippen molar-refractivity contribution in [3.63, 3.8) is 0 Å². The average molecular weight is 565 g/mol. The fourth-order valence-electron chi connectivity index (χ4n) is 6.36. The van der Waals surface area contributed by atoms with Crippen LogP contribution < -0.4 is 10.6 Å². The van der Waals surface area contributed by atoms with Crippen molar-refractivity contribution in [3.05, 3.63) is 41.2 Å². The first-order valence-corrected chi connectivity index (χ1v) is 15.1. The zero-order valence-electron chi connectivity index (χ0n) is 23.9. The second-order valence-corrected chi connectivity index (χ2v) is 11.6. The number of imidazole rings is 1.